The average Bonchev–Trinajstić information content (AvgIpc) is 2.87. The molecule has 0 aliphatic rings. The summed E-state index contributed by atoms with van der Waals surface area (Å²) < 4.78 is 0. The zero-order valence-corrected chi connectivity index (χ0v) is 13.3. The third-order valence-corrected chi connectivity index (χ3v) is 4.09. The van der Waals surface area contributed by atoms with Gasteiger partial charge in [0.1, 0.15) is 0 Å². The van der Waals surface area contributed by atoms with Gasteiger partial charge in [-0.05, 0) is 33.2 Å². The smallest absolute Gasteiger partial charge is 0.0941 e. The molecule has 0 aliphatic carbocycles. The standard InChI is InChI=1S/C16H23N3S/c1-13-4-6-14(7-5-13)17-10-8-15-12-20-16(18-15)9-11-19(2)3/h4-7,12,17H,8-11H2,1-3H3. The van der Waals surface area contributed by atoms with Crippen LogP contribution in [0.1, 0.15) is 16.3 Å². The van der Waals surface area contributed by atoms with E-state index in [1.54, 1.807) is 11.3 Å². The van der Waals surface area contributed by atoms with Crippen molar-refractivity contribution in [3.05, 3.63) is 45.9 Å². The van der Waals surface area contributed by atoms with Crippen molar-refractivity contribution in [2.24, 2.45) is 0 Å². The molecule has 0 atom stereocenters. The highest BCUT2D eigenvalue weighted by molar-refractivity contribution is 7.09. The highest BCUT2D eigenvalue weighted by atomic mass is 32.1. The lowest BCUT2D eigenvalue weighted by molar-refractivity contribution is 0.413. The Balaban J connectivity index is 1.75. The maximum Gasteiger partial charge on any atom is 0.0941 e. The average molecular weight is 289 g/mol. The minimum atomic E-state index is 0.930. The Labute approximate surface area is 125 Å². The minimum Gasteiger partial charge on any atom is -0.385 e. The predicted octanol–water partition coefficient (Wildman–Crippen LogP) is 3.21. The van der Waals surface area contributed by atoms with Crippen molar-refractivity contribution in [1.29, 1.82) is 0 Å². The summed E-state index contributed by atoms with van der Waals surface area (Å²) in [6.45, 7) is 4.10. The second-order valence-electron chi connectivity index (χ2n) is 5.33. The normalized spacial score (nSPS) is 11.0. The van der Waals surface area contributed by atoms with Gasteiger partial charge < -0.3 is 10.2 Å². The largest absolute Gasteiger partial charge is 0.385 e. The summed E-state index contributed by atoms with van der Waals surface area (Å²) in [5.41, 5.74) is 3.67. The number of hydrogen-bond acceptors (Lipinski definition) is 4. The van der Waals surface area contributed by atoms with E-state index in [1.807, 2.05) is 0 Å². The van der Waals surface area contributed by atoms with E-state index < -0.39 is 0 Å². The zero-order chi connectivity index (χ0) is 14.4. The van der Waals surface area contributed by atoms with Gasteiger partial charge in [-0.15, -0.1) is 11.3 Å². The summed E-state index contributed by atoms with van der Waals surface area (Å²) in [4.78, 5) is 6.87. The maximum absolute atomic E-state index is 4.68. The lowest BCUT2D eigenvalue weighted by atomic mass is 10.2. The first-order valence-electron chi connectivity index (χ1n) is 7.02. The highest BCUT2D eigenvalue weighted by Gasteiger charge is 2.02. The van der Waals surface area contributed by atoms with Crippen LogP contribution in [-0.2, 0) is 12.8 Å². The van der Waals surface area contributed by atoms with Gasteiger partial charge in [-0.25, -0.2) is 4.98 Å². The van der Waals surface area contributed by atoms with Gasteiger partial charge in [-0.1, -0.05) is 17.7 Å². The minimum absolute atomic E-state index is 0.930. The van der Waals surface area contributed by atoms with E-state index in [2.05, 4.69) is 65.9 Å². The molecule has 108 valence electrons. The number of rotatable bonds is 7. The molecule has 1 aromatic heterocycles. The van der Waals surface area contributed by atoms with Crippen molar-refractivity contribution in [2.45, 2.75) is 19.8 Å². The lowest BCUT2D eigenvalue weighted by Crippen LogP contribution is -2.15. The van der Waals surface area contributed by atoms with Gasteiger partial charge in [0.05, 0.1) is 10.7 Å². The highest BCUT2D eigenvalue weighted by Crippen LogP contribution is 2.12. The molecule has 3 nitrogen and oxygen atoms in total. The van der Waals surface area contributed by atoms with Gasteiger partial charge in [-0.3, -0.25) is 0 Å². The predicted molar refractivity (Wildman–Crippen MR) is 87.7 cm³/mol. The molecule has 0 saturated carbocycles. The van der Waals surface area contributed by atoms with Crippen molar-refractivity contribution in [1.82, 2.24) is 9.88 Å². The van der Waals surface area contributed by atoms with E-state index in [0.717, 1.165) is 25.9 Å². The van der Waals surface area contributed by atoms with Gasteiger partial charge >= 0.3 is 0 Å². The Hall–Kier alpha value is -1.39. The Morgan fingerprint density at radius 3 is 2.60 bits per heavy atom. The van der Waals surface area contributed by atoms with E-state index in [-0.39, 0.29) is 0 Å². The van der Waals surface area contributed by atoms with Crippen molar-refractivity contribution in [3.63, 3.8) is 0 Å². The first-order valence-corrected chi connectivity index (χ1v) is 7.90. The second kappa shape index (κ2) is 7.41. The fourth-order valence-electron chi connectivity index (χ4n) is 1.90. The van der Waals surface area contributed by atoms with Crippen LogP contribution in [0, 0.1) is 6.92 Å². The Kier molecular flexibility index (Phi) is 5.56. The molecular formula is C16H23N3S. The molecular weight excluding hydrogens is 266 g/mol. The fraction of sp³-hybridized carbons (Fsp3) is 0.438. The van der Waals surface area contributed by atoms with Gasteiger partial charge in [0.15, 0.2) is 0 Å². The molecule has 2 aromatic rings. The second-order valence-corrected chi connectivity index (χ2v) is 6.27. The number of anilines is 1. The number of aromatic nitrogens is 1. The van der Waals surface area contributed by atoms with Crippen LogP contribution >= 0.6 is 11.3 Å². The van der Waals surface area contributed by atoms with Crippen LogP contribution < -0.4 is 5.32 Å². The Bertz CT molecular complexity index is 517. The first-order chi connectivity index (χ1) is 9.63. The molecule has 1 heterocycles. The molecule has 2 rings (SSSR count). The molecule has 0 radical (unpaired) electrons. The molecule has 4 heteroatoms. The first kappa shape index (κ1) is 15.0. The SMILES string of the molecule is Cc1ccc(NCCc2csc(CCN(C)C)n2)cc1. The van der Waals surface area contributed by atoms with E-state index in [9.17, 15) is 0 Å². The van der Waals surface area contributed by atoms with Gasteiger partial charge in [0.25, 0.3) is 0 Å². The van der Waals surface area contributed by atoms with Crippen molar-refractivity contribution >= 4 is 17.0 Å². The monoisotopic (exact) mass is 289 g/mol. The summed E-state index contributed by atoms with van der Waals surface area (Å²) in [6.07, 6.45) is 2.02. The molecule has 0 saturated heterocycles. The molecule has 0 fully saturated rings. The molecule has 0 aliphatic heterocycles. The number of nitrogens with zero attached hydrogens (tertiary/aromatic N) is 2. The summed E-state index contributed by atoms with van der Waals surface area (Å²) in [5, 5.41) is 6.86. The summed E-state index contributed by atoms with van der Waals surface area (Å²) in [5.74, 6) is 0. The number of thiazole rings is 1. The van der Waals surface area contributed by atoms with Crippen molar-refractivity contribution in [2.75, 3.05) is 32.5 Å². The molecule has 0 unspecified atom stereocenters. The van der Waals surface area contributed by atoms with Crippen LogP contribution in [0.4, 0.5) is 5.69 Å². The topological polar surface area (TPSA) is 28.2 Å². The van der Waals surface area contributed by atoms with Crippen LogP contribution in [0.2, 0.25) is 0 Å². The number of benzene rings is 1. The van der Waals surface area contributed by atoms with E-state index in [4.69, 9.17) is 0 Å². The van der Waals surface area contributed by atoms with Gasteiger partial charge in [0, 0.05) is 37.0 Å². The maximum atomic E-state index is 4.68. The number of aryl methyl sites for hydroxylation is 1. The van der Waals surface area contributed by atoms with Crippen LogP contribution in [0.5, 0.6) is 0 Å². The third-order valence-electron chi connectivity index (χ3n) is 3.13. The lowest BCUT2D eigenvalue weighted by Gasteiger charge is -2.06. The van der Waals surface area contributed by atoms with Gasteiger partial charge in [0.2, 0.25) is 0 Å². The van der Waals surface area contributed by atoms with E-state index in [0.29, 0.717) is 0 Å². The summed E-state index contributed by atoms with van der Waals surface area (Å²) >= 11 is 1.77. The van der Waals surface area contributed by atoms with E-state index in [1.165, 1.54) is 22.0 Å². The number of hydrogen-bond donors (Lipinski definition) is 1. The van der Waals surface area contributed by atoms with Crippen LogP contribution in [0.25, 0.3) is 0 Å². The zero-order valence-electron chi connectivity index (χ0n) is 12.5. The summed E-state index contributed by atoms with van der Waals surface area (Å²) in [7, 11) is 4.19. The van der Waals surface area contributed by atoms with Crippen LogP contribution in [0.3, 0.4) is 0 Å². The molecule has 20 heavy (non-hydrogen) atoms. The molecule has 1 aromatic carbocycles. The molecule has 0 spiro atoms. The Morgan fingerprint density at radius 2 is 1.90 bits per heavy atom. The fourth-order valence-corrected chi connectivity index (χ4v) is 2.73. The number of nitrogens with one attached hydrogen (secondary N) is 1. The molecule has 1 N–H and O–H groups in total. The van der Waals surface area contributed by atoms with Gasteiger partial charge in [-0.2, -0.15) is 0 Å². The van der Waals surface area contributed by atoms with Crippen molar-refractivity contribution < 1.29 is 0 Å². The summed E-state index contributed by atoms with van der Waals surface area (Å²) in [6, 6.07) is 8.51. The molecule has 0 amide bonds. The van der Waals surface area contributed by atoms with Crippen molar-refractivity contribution in [3.8, 4) is 0 Å². The van der Waals surface area contributed by atoms with E-state index >= 15 is 0 Å². The quantitative estimate of drug-likeness (QED) is 0.848. The number of likely N-dealkylation sites (N-methyl/N-ethyl adjacent to an activating group) is 1. The third kappa shape index (κ3) is 4.94. The van der Waals surface area contributed by atoms with Crippen LogP contribution in [0.15, 0.2) is 29.6 Å². The molecule has 0 bridgehead atoms. The van der Waals surface area contributed by atoms with Crippen LogP contribution in [-0.4, -0.2) is 37.1 Å². The Morgan fingerprint density at radius 1 is 1.15 bits per heavy atom.